The van der Waals surface area contributed by atoms with Crippen LogP contribution in [0.25, 0.3) is 0 Å². The van der Waals surface area contributed by atoms with E-state index in [2.05, 4.69) is 10.1 Å². The Hall–Kier alpha value is -2.15. The Bertz CT molecular complexity index is 748. The lowest BCUT2D eigenvalue weighted by atomic mass is 10.1. The minimum atomic E-state index is -0.121. The van der Waals surface area contributed by atoms with Crippen molar-refractivity contribution in [1.82, 2.24) is 19.7 Å². The smallest absolute Gasteiger partial charge is 0.292 e. The number of fused-ring (bicyclic) bond motifs is 1. The lowest BCUT2D eigenvalue weighted by Crippen LogP contribution is -2.42. The number of oxazole rings is 1. The first-order valence-electron chi connectivity index (χ1n) is 9.52. The van der Waals surface area contributed by atoms with E-state index < -0.39 is 0 Å². The van der Waals surface area contributed by atoms with E-state index in [4.69, 9.17) is 9.15 Å². The summed E-state index contributed by atoms with van der Waals surface area (Å²) in [6.07, 6.45) is 9.09. The zero-order chi connectivity index (χ0) is 17.9. The summed E-state index contributed by atoms with van der Waals surface area (Å²) < 4.78 is 13.4. The largest absolute Gasteiger partial charge is 0.438 e. The van der Waals surface area contributed by atoms with E-state index in [1.165, 1.54) is 32.1 Å². The summed E-state index contributed by atoms with van der Waals surface area (Å²) in [4.78, 5) is 19.0. The van der Waals surface area contributed by atoms with Crippen molar-refractivity contribution in [2.24, 2.45) is 5.92 Å². The van der Waals surface area contributed by atoms with Gasteiger partial charge in [0.15, 0.2) is 6.39 Å². The van der Waals surface area contributed by atoms with Crippen LogP contribution in [0.1, 0.15) is 54.0 Å². The molecule has 7 nitrogen and oxygen atoms in total. The molecule has 2 aromatic heterocycles. The summed E-state index contributed by atoms with van der Waals surface area (Å²) in [5, 5.41) is 4.37. The molecule has 1 aliphatic heterocycles. The molecule has 0 N–H and O–H groups in total. The normalized spacial score (nSPS) is 21.0. The van der Waals surface area contributed by atoms with Crippen LogP contribution in [0, 0.1) is 12.8 Å². The van der Waals surface area contributed by atoms with Crippen molar-refractivity contribution in [3.05, 3.63) is 35.8 Å². The molecule has 1 amide bonds. The van der Waals surface area contributed by atoms with Gasteiger partial charge < -0.3 is 14.1 Å². The van der Waals surface area contributed by atoms with E-state index in [1.807, 2.05) is 15.6 Å². The van der Waals surface area contributed by atoms with Crippen molar-refractivity contribution < 1.29 is 13.9 Å². The molecule has 26 heavy (non-hydrogen) atoms. The fourth-order valence-corrected chi connectivity index (χ4v) is 4.02. The summed E-state index contributed by atoms with van der Waals surface area (Å²) in [6, 6.07) is 1.98. The van der Waals surface area contributed by atoms with Crippen molar-refractivity contribution in [3.8, 4) is 0 Å². The van der Waals surface area contributed by atoms with Gasteiger partial charge in [-0.05, 0) is 38.2 Å². The molecule has 0 aromatic carbocycles. The van der Waals surface area contributed by atoms with Gasteiger partial charge in [-0.15, -0.1) is 0 Å². The minimum Gasteiger partial charge on any atom is -0.438 e. The van der Waals surface area contributed by atoms with Gasteiger partial charge in [0.05, 0.1) is 30.6 Å². The molecule has 1 atom stereocenters. The average Bonchev–Trinajstić information content (AvgIpc) is 3.37. The standard InChI is InChI=1S/C19H26N4O3/c1-14-18(26-13-20-14)19(24)22-10-16-6-8-21-23(16)9-7-17(22)12-25-11-15-4-2-3-5-15/h6,8,13,15,17H,2-5,7,9-12H2,1H3/t17-/m1/s1. The average molecular weight is 358 g/mol. The number of ether oxygens (including phenoxy) is 1. The highest BCUT2D eigenvalue weighted by atomic mass is 16.5. The number of hydrogen-bond acceptors (Lipinski definition) is 5. The molecule has 1 fully saturated rings. The fourth-order valence-electron chi connectivity index (χ4n) is 4.02. The van der Waals surface area contributed by atoms with Crippen LogP contribution >= 0.6 is 0 Å². The Morgan fingerprint density at radius 3 is 2.92 bits per heavy atom. The second kappa shape index (κ2) is 7.61. The predicted octanol–water partition coefficient (Wildman–Crippen LogP) is 2.80. The number of amides is 1. The van der Waals surface area contributed by atoms with Gasteiger partial charge in [-0.1, -0.05) is 12.8 Å². The number of carbonyl (C=O) groups excluding carboxylic acids is 1. The summed E-state index contributed by atoms with van der Waals surface area (Å²) in [5.41, 5.74) is 1.66. The Morgan fingerprint density at radius 2 is 2.15 bits per heavy atom. The molecule has 1 aliphatic carbocycles. The topological polar surface area (TPSA) is 73.4 Å². The molecule has 7 heteroatoms. The number of hydrogen-bond donors (Lipinski definition) is 0. The van der Waals surface area contributed by atoms with Crippen LogP contribution in [-0.2, 0) is 17.8 Å². The Kier molecular flexibility index (Phi) is 5.06. The van der Waals surface area contributed by atoms with Gasteiger partial charge in [0.2, 0.25) is 5.76 Å². The molecule has 3 heterocycles. The van der Waals surface area contributed by atoms with Crippen LogP contribution in [0.15, 0.2) is 23.1 Å². The van der Waals surface area contributed by atoms with Gasteiger partial charge in [-0.25, -0.2) is 4.98 Å². The number of aromatic nitrogens is 3. The Balaban J connectivity index is 1.49. The molecule has 2 aromatic rings. The van der Waals surface area contributed by atoms with Crippen molar-refractivity contribution >= 4 is 5.91 Å². The second-order valence-electron chi connectivity index (χ2n) is 7.38. The van der Waals surface area contributed by atoms with Gasteiger partial charge in [0.1, 0.15) is 0 Å². The SMILES string of the molecule is Cc1ncoc1C(=O)N1Cc2ccnn2CC[C@@H]1COCC1CCCC1. The van der Waals surface area contributed by atoms with E-state index in [9.17, 15) is 4.79 Å². The van der Waals surface area contributed by atoms with Crippen LogP contribution in [0.2, 0.25) is 0 Å². The maximum absolute atomic E-state index is 13.1. The Labute approximate surface area is 153 Å². The summed E-state index contributed by atoms with van der Waals surface area (Å²) >= 11 is 0. The maximum Gasteiger partial charge on any atom is 0.292 e. The number of nitrogens with zero attached hydrogens (tertiary/aromatic N) is 4. The molecule has 0 spiro atoms. The van der Waals surface area contributed by atoms with Crippen molar-refractivity contribution in [1.29, 1.82) is 0 Å². The molecule has 2 aliphatic rings. The summed E-state index contributed by atoms with van der Waals surface area (Å²) in [6.45, 7) is 4.45. The number of rotatable bonds is 5. The summed E-state index contributed by atoms with van der Waals surface area (Å²) in [7, 11) is 0. The maximum atomic E-state index is 13.1. The molecular formula is C19H26N4O3. The molecular weight excluding hydrogens is 332 g/mol. The zero-order valence-electron chi connectivity index (χ0n) is 15.3. The monoisotopic (exact) mass is 358 g/mol. The third-order valence-electron chi connectivity index (χ3n) is 5.59. The van der Waals surface area contributed by atoms with Crippen molar-refractivity contribution in [2.45, 2.75) is 58.2 Å². The molecule has 0 radical (unpaired) electrons. The highest BCUT2D eigenvalue weighted by Crippen LogP contribution is 2.26. The second-order valence-corrected chi connectivity index (χ2v) is 7.38. The van der Waals surface area contributed by atoms with E-state index >= 15 is 0 Å². The van der Waals surface area contributed by atoms with Crippen LogP contribution in [0.3, 0.4) is 0 Å². The number of carbonyl (C=O) groups is 1. The first kappa shape index (κ1) is 17.3. The predicted molar refractivity (Wildman–Crippen MR) is 94.5 cm³/mol. The highest BCUT2D eigenvalue weighted by Gasteiger charge is 2.31. The first-order chi connectivity index (χ1) is 12.7. The van der Waals surface area contributed by atoms with Crippen LogP contribution in [-0.4, -0.2) is 44.8 Å². The molecule has 1 saturated carbocycles. The van der Waals surface area contributed by atoms with Crippen LogP contribution in [0.4, 0.5) is 0 Å². The first-order valence-corrected chi connectivity index (χ1v) is 9.52. The van der Waals surface area contributed by atoms with E-state index in [0.29, 0.717) is 30.5 Å². The molecule has 140 valence electrons. The van der Waals surface area contributed by atoms with Crippen LogP contribution < -0.4 is 0 Å². The van der Waals surface area contributed by atoms with E-state index in [1.54, 1.807) is 13.1 Å². The van der Waals surface area contributed by atoms with Gasteiger partial charge in [0.25, 0.3) is 5.91 Å². The quantitative estimate of drug-likeness (QED) is 0.822. The van der Waals surface area contributed by atoms with Crippen molar-refractivity contribution in [3.63, 3.8) is 0 Å². The lowest BCUT2D eigenvalue weighted by Gasteiger charge is -2.29. The van der Waals surface area contributed by atoms with Gasteiger partial charge >= 0.3 is 0 Å². The minimum absolute atomic E-state index is 0.00935. The Morgan fingerprint density at radius 1 is 1.31 bits per heavy atom. The molecule has 4 rings (SSSR count). The van der Waals surface area contributed by atoms with Gasteiger partial charge in [-0.2, -0.15) is 5.10 Å². The lowest BCUT2D eigenvalue weighted by molar-refractivity contribution is 0.0288. The highest BCUT2D eigenvalue weighted by molar-refractivity contribution is 5.92. The molecule has 0 saturated heterocycles. The van der Waals surface area contributed by atoms with E-state index in [-0.39, 0.29) is 11.9 Å². The molecule has 0 bridgehead atoms. The van der Waals surface area contributed by atoms with Gasteiger partial charge in [0, 0.05) is 19.3 Å². The third-order valence-corrected chi connectivity index (χ3v) is 5.59. The van der Waals surface area contributed by atoms with Crippen LogP contribution in [0.5, 0.6) is 0 Å². The zero-order valence-corrected chi connectivity index (χ0v) is 15.3. The van der Waals surface area contributed by atoms with Gasteiger partial charge in [-0.3, -0.25) is 9.48 Å². The fraction of sp³-hybridized carbons (Fsp3) is 0.632. The van der Waals surface area contributed by atoms with Crippen molar-refractivity contribution in [2.75, 3.05) is 13.2 Å². The molecule has 0 unspecified atom stereocenters. The number of aryl methyl sites for hydroxylation is 2. The third kappa shape index (κ3) is 3.53. The summed E-state index contributed by atoms with van der Waals surface area (Å²) in [5.74, 6) is 0.875. The van der Waals surface area contributed by atoms with E-state index in [0.717, 1.165) is 25.3 Å².